The second-order valence-electron chi connectivity index (χ2n) is 9.27. The average Bonchev–Trinajstić information content (AvgIpc) is 3.35. The highest BCUT2D eigenvalue weighted by molar-refractivity contribution is 7.92. The number of aromatic nitrogens is 3. The van der Waals surface area contributed by atoms with Crippen molar-refractivity contribution in [3.63, 3.8) is 0 Å². The number of pyridine rings is 2. The molecule has 0 amide bonds. The number of thiocarbonyl (C=S) groups is 1. The Bertz CT molecular complexity index is 1550. The van der Waals surface area contributed by atoms with Gasteiger partial charge in [0.25, 0.3) is 0 Å². The van der Waals surface area contributed by atoms with Crippen molar-refractivity contribution in [3.05, 3.63) is 101 Å². The molecule has 0 unspecified atom stereocenters. The van der Waals surface area contributed by atoms with Crippen LogP contribution in [0.3, 0.4) is 0 Å². The lowest BCUT2D eigenvalue weighted by molar-refractivity contribution is 0.565. The van der Waals surface area contributed by atoms with Crippen molar-refractivity contribution in [2.45, 2.75) is 32.9 Å². The van der Waals surface area contributed by atoms with Gasteiger partial charge in [-0.1, -0.05) is 12.1 Å². The van der Waals surface area contributed by atoms with Crippen LogP contribution in [0.4, 0.5) is 11.4 Å². The zero-order valence-corrected chi connectivity index (χ0v) is 22.6. The van der Waals surface area contributed by atoms with Crippen molar-refractivity contribution in [1.82, 2.24) is 19.9 Å². The molecule has 4 heterocycles. The van der Waals surface area contributed by atoms with Crippen LogP contribution in [0.5, 0.6) is 0 Å². The van der Waals surface area contributed by atoms with Gasteiger partial charge in [-0.25, -0.2) is 13.4 Å². The molecule has 1 aromatic carbocycles. The maximum absolute atomic E-state index is 11.7. The number of hydrogen-bond donors (Lipinski definition) is 2. The lowest BCUT2D eigenvalue weighted by atomic mass is 9.96. The van der Waals surface area contributed by atoms with Crippen LogP contribution in [-0.2, 0) is 10.0 Å². The summed E-state index contributed by atoms with van der Waals surface area (Å²) in [7, 11) is -3.37. The largest absolute Gasteiger partial charge is 0.351 e. The Morgan fingerprint density at radius 1 is 1.00 bits per heavy atom. The maximum atomic E-state index is 11.7. The molecule has 190 valence electrons. The highest BCUT2D eigenvalue weighted by atomic mass is 32.2. The standard InChI is InChI=1S/C27H28N6O2S2/c1-17-8-13-24(29-16-17)32-18(2)15-22(19(32)3)26-25(23-7-5-6-14-28-23)30-27(36)33(26)21-11-9-20(10-12-21)31-37(4,34)35/h5-16,25-26,31H,1-4H3,(H,30,36)/t25-,26-/m0/s1. The third kappa shape index (κ3) is 4.94. The normalized spacial score (nSPS) is 17.6. The Balaban J connectivity index is 1.62. The molecular weight excluding hydrogens is 504 g/mol. The molecule has 0 bridgehead atoms. The molecule has 0 spiro atoms. The minimum absolute atomic E-state index is 0.192. The lowest BCUT2D eigenvalue weighted by Crippen LogP contribution is -2.29. The van der Waals surface area contributed by atoms with Crippen molar-refractivity contribution in [2.75, 3.05) is 15.9 Å². The third-order valence-corrected chi connectivity index (χ3v) is 7.38. The van der Waals surface area contributed by atoms with Gasteiger partial charge in [0.2, 0.25) is 10.0 Å². The molecule has 4 aromatic rings. The van der Waals surface area contributed by atoms with Crippen LogP contribution in [0.1, 0.15) is 40.3 Å². The predicted molar refractivity (Wildman–Crippen MR) is 151 cm³/mol. The first-order chi connectivity index (χ1) is 17.6. The molecule has 3 aromatic heterocycles. The highest BCUT2D eigenvalue weighted by Gasteiger charge is 2.42. The second-order valence-corrected chi connectivity index (χ2v) is 11.4. The van der Waals surface area contributed by atoms with Gasteiger partial charge in [-0.2, -0.15) is 0 Å². The van der Waals surface area contributed by atoms with Gasteiger partial charge in [-0.15, -0.1) is 0 Å². The Kier molecular flexibility index (Phi) is 6.47. The van der Waals surface area contributed by atoms with E-state index in [9.17, 15) is 8.42 Å². The van der Waals surface area contributed by atoms with E-state index in [0.29, 0.717) is 10.8 Å². The van der Waals surface area contributed by atoms with E-state index in [0.717, 1.165) is 46.0 Å². The first-order valence-electron chi connectivity index (χ1n) is 11.8. The number of aryl methyl sites for hydroxylation is 2. The van der Waals surface area contributed by atoms with Crippen molar-refractivity contribution >= 4 is 38.7 Å². The fourth-order valence-electron chi connectivity index (χ4n) is 4.89. The molecule has 0 saturated carbocycles. The number of rotatable bonds is 6. The van der Waals surface area contributed by atoms with E-state index in [2.05, 4.69) is 55.5 Å². The van der Waals surface area contributed by atoms with E-state index in [1.54, 1.807) is 18.3 Å². The van der Waals surface area contributed by atoms with E-state index in [-0.39, 0.29) is 12.1 Å². The van der Waals surface area contributed by atoms with Crippen LogP contribution in [0.2, 0.25) is 0 Å². The number of hydrogen-bond acceptors (Lipinski definition) is 5. The van der Waals surface area contributed by atoms with E-state index in [1.165, 1.54) is 0 Å². The quantitative estimate of drug-likeness (QED) is 0.347. The molecule has 8 nitrogen and oxygen atoms in total. The van der Waals surface area contributed by atoms with Crippen LogP contribution in [0, 0.1) is 20.8 Å². The van der Waals surface area contributed by atoms with E-state index < -0.39 is 10.0 Å². The molecule has 37 heavy (non-hydrogen) atoms. The van der Waals surface area contributed by atoms with Gasteiger partial charge in [-0.05, 0) is 92.6 Å². The number of nitrogens with zero attached hydrogens (tertiary/aromatic N) is 4. The Morgan fingerprint density at radius 2 is 1.76 bits per heavy atom. The topological polar surface area (TPSA) is 92.2 Å². The molecule has 1 fully saturated rings. The third-order valence-electron chi connectivity index (χ3n) is 6.46. The summed E-state index contributed by atoms with van der Waals surface area (Å²) in [4.78, 5) is 11.4. The zero-order chi connectivity index (χ0) is 26.3. The first-order valence-corrected chi connectivity index (χ1v) is 14.1. The minimum atomic E-state index is -3.37. The Labute approximate surface area is 222 Å². The minimum Gasteiger partial charge on any atom is -0.351 e. The zero-order valence-electron chi connectivity index (χ0n) is 21.0. The molecule has 1 aliphatic heterocycles. The predicted octanol–water partition coefficient (Wildman–Crippen LogP) is 4.74. The van der Waals surface area contributed by atoms with Gasteiger partial charge in [0.05, 0.1) is 24.0 Å². The second kappa shape index (κ2) is 9.60. The molecule has 10 heteroatoms. The molecule has 5 rings (SSSR count). The Hall–Kier alpha value is -3.76. The summed E-state index contributed by atoms with van der Waals surface area (Å²) < 4.78 is 28.0. The van der Waals surface area contributed by atoms with Gasteiger partial charge >= 0.3 is 0 Å². The molecule has 0 aliphatic carbocycles. The molecule has 0 radical (unpaired) electrons. The number of anilines is 2. The fraction of sp³-hybridized carbons (Fsp3) is 0.222. The summed E-state index contributed by atoms with van der Waals surface area (Å²) in [6.45, 7) is 6.19. The van der Waals surface area contributed by atoms with Crippen LogP contribution in [0.15, 0.2) is 73.1 Å². The SMILES string of the molecule is Cc1ccc(-n2c(C)cc([C@H]3[C@H](c4ccccn4)NC(=S)N3c3ccc(NS(C)(=O)=O)cc3)c2C)nc1. The van der Waals surface area contributed by atoms with Crippen molar-refractivity contribution in [1.29, 1.82) is 0 Å². The van der Waals surface area contributed by atoms with Gasteiger partial charge in [0.15, 0.2) is 5.11 Å². The summed E-state index contributed by atoms with van der Waals surface area (Å²) in [6, 6.07) is 19.0. The van der Waals surface area contributed by atoms with Crippen molar-refractivity contribution in [2.24, 2.45) is 0 Å². The monoisotopic (exact) mass is 532 g/mol. The summed E-state index contributed by atoms with van der Waals surface area (Å²) in [6.07, 6.45) is 4.78. The molecule has 2 atom stereocenters. The van der Waals surface area contributed by atoms with E-state index in [4.69, 9.17) is 12.2 Å². The molecule has 2 N–H and O–H groups in total. The molecule has 1 saturated heterocycles. The van der Waals surface area contributed by atoms with Crippen molar-refractivity contribution in [3.8, 4) is 5.82 Å². The van der Waals surface area contributed by atoms with Gasteiger partial charge in [0.1, 0.15) is 5.82 Å². The first kappa shape index (κ1) is 24.9. The number of nitrogens with one attached hydrogen (secondary N) is 2. The van der Waals surface area contributed by atoms with E-state index >= 15 is 0 Å². The number of sulfonamides is 1. The van der Waals surface area contributed by atoms with Gasteiger partial charge in [-0.3, -0.25) is 9.71 Å². The smallest absolute Gasteiger partial charge is 0.229 e. The molecule has 1 aliphatic rings. The van der Waals surface area contributed by atoms with Gasteiger partial charge < -0.3 is 14.8 Å². The van der Waals surface area contributed by atoms with Crippen LogP contribution in [-0.4, -0.2) is 34.3 Å². The lowest BCUT2D eigenvalue weighted by Gasteiger charge is -2.28. The van der Waals surface area contributed by atoms with Crippen LogP contribution < -0.4 is 14.9 Å². The summed E-state index contributed by atoms with van der Waals surface area (Å²) in [5.41, 5.74) is 6.55. The Morgan fingerprint density at radius 3 is 2.38 bits per heavy atom. The average molecular weight is 533 g/mol. The van der Waals surface area contributed by atoms with Crippen LogP contribution in [0.25, 0.3) is 5.82 Å². The fourth-order valence-corrected chi connectivity index (χ4v) is 5.80. The van der Waals surface area contributed by atoms with E-state index in [1.807, 2.05) is 49.5 Å². The van der Waals surface area contributed by atoms with Gasteiger partial charge in [0, 0.05) is 35.2 Å². The summed E-state index contributed by atoms with van der Waals surface area (Å²) in [5.74, 6) is 0.859. The molecular formula is C27H28N6O2S2. The van der Waals surface area contributed by atoms with Crippen molar-refractivity contribution < 1.29 is 8.42 Å². The summed E-state index contributed by atoms with van der Waals surface area (Å²) >= 11 is 5.84. The summed E-state index contributed by atoms with van der Waals surface area (Å²) in [5, 5.41) is 4.05. The maximum Gasteiger partial charge on any atom is 0.229 e. The van der Waals surface area contributed by atoms with Crippen LogP contribution >= 0.6 is 12.2 Å². The highest BCUT2D eigenvalue weighted by Crippen LogP contribution is 2.43. The number of benzene rings is 1.